The largest absolute Gasteiger partial charge is 0.352 e. The Balaban J connectivity index is 2.46. The van der Waals surface area contributed by atoms with Crippen molar-refractivity contribution in [2.75, 3.05) is 13.1 Å². The molecule has 1 aromatic rings. The van der Waals surface area contributed by atoms with Crippen LogP contribution < -0.4 is 5.32 Å². The zero-order valence-electron chi connectivity index (χ0n) is 7.85. The SMILES string of the molecule is [N-]=[N+]=NCCNC(=O)c1ccc(F)cc1. The molecule has 0 heterocycles. The molecule has 1 amide bonds. The van der Waals surface area contributed by atoms with Gasteiger partial charge in [0.25, 0.3) is 5.91 Å². The van der Waals surface area contributed by atoms with Gasteiger partial charge in [0.05, 0.1) is 0 Å². The molecule has 1 rings (SSSR count). The molecule has 0 fully saturated rings. The molecule has 0 aliphatic carbocycles. The van der Waals surface area contributed by atoms with Gasteiger partial charge in [-0.05, 0) is 29.8 Å². The summed E-state index contributed by atoms with van der Waals surface area (Å²) in [5.41, 5.74) is 8.36. The predicted octanol–water partition coefficient (Wildman–Crippen LogP) is 1.87. The molecule has 0 aliphatic rings. The van der Waals surface area contributed by atoms with Crippen LogP contribution in [0.15, 0.2) is 29.4 Å². The van der Waals surface area contributed by atoms with Crippen molar-refractivity contribution >= 4 is 5.91 Å². The minimum absolute atomic E-state index is 0.198. The highest BCUT2D eigenvalue weighted by molar-refractivity contribution is 5.94. The van der Waals surface area contributed by atoms with Crippen molar-refractivity contribution in [2.45, 2.75) is 0 Å². The number of carbonyl (C=O) groups excluding carboxylic acids is 1. The van der Waals surface area contributed by atoms with Gasteiger partial charge in [-0.2, -0.15) is 0 Å². The van der Waals surface area contributed by atoms with Gasteiger partial charge in [0.1, 0.15) is 5.82 Å². The summed E-state index contributed by atoms with van der Waals surface area (Å²) in [7, 11) is 0. The standard InChI is InChI=1S/C9H9FN4O/c10-8-3-1-7(2-4-8)9(15)12-5-6-13-14-11/h1-4H,5-6H2,(H,12,15). The first-order chi connectivity index (χ1) is 7.24. The third-order valence-corrected chi connectivity index (χ3v) is 1.67. The van der Waals surface area contributed by atoms with Crippen molar-refractivity contribution in [3.05, 3.63) is 46.1 Å². The van der Waals surface area contributed by atoms with Crippen molar-refractivity contribution in [2.24, 2.45) is 5.11 Å². The van der Waals surface area contributed by atoms with E-state index in [9.17, 15) is 9.18 Å². The Kier molecular flexibility index (Phi) is 4.12. The van der Waals surface area contributed by atoms with Gasteiger partial charge in [-0.25, -0.2) is 4.39 Å². The molecule has 15 heavy (non-hydrogen) atoms. The number of nitrogens with zero attached hydrogens (tertiary/aromatic N) is 3. The second kappa shape index (κ2) is 5.62. The number of carbonyl (C=O) groups is 1. The zero-order chi connectivity index (χ0) is 11.1. The molecule has 1 N–H and O–H groups in total. The van der Waals surface area contributed by atoms with Crippen molar-refractivity contribution in [1.82, 2.24) is 5.32 Å². The minimum atomic E-state index is -0.388. The molecule has 0 spiro atoms. The Labute approximate surface area is 85.5 Å². The fraction of sp³-hybridized carbons (Fsp3) is 0.222. The molecular weight excluding hydrogens is 199 g/mol. The summed E-state index contributed by atoms with van der Waals surface area (Å²) >= 11 is 0. The lowest BCUT2D eigenvalue weighted by Gasteiger charge is -2.02. The van der Waals surface area contributed by atoms with Gasteiger partial charge in [-0.1, -0.05) is 5.11 Å². The van der Waals surface area contributed by atoms with Gasteiger partial charge in [0.15, 0.2) is 0 Å². The number of rotatable bonds is 4. The van der Waals surface area contributed by atoms with E-state index in [-0.39, 0.29) is 24.8 Å². The minimum Gasteiger partial charge on any atom is -0.352 e. The van der Waals surface area contributed by atoms with Crippen LogP contribution >= 0.6 is 0 Å². The van der Waals surface area contributed by atoms with Crippen LogP contribution in [0, 0.1) is 5.82 Å². The van der Waals surface area contributed by atoms with Gasteiger partial charge >= 0.3 is 0 Å². The highest BCUT2D eigenvalue weighted by Crippen LogP contribution is 2.01. The van der Waals surface area contributed by atoms with E-state index >= 15 is 0 Å². The molecule has 1 aromatic carbocycles. The molecule has 0 aliphatic heterocycles. The summed E-state index contributed by atoms with van der Waals surface area (Å²) < 4.78 is 12.5. The third kappa shape index (κ3) is 3.66. The molecule has 0 saturated heterocycles. The van der Waals surface area contributed by atoms with E-state index in [1.807, 2.05) is 0 Å². The van der Waals surface area contributed by atoms with Gasteiger partial charge in [0, 0.05) is 23.6 Å². The molecule has 0 saturated carbocycles. The molecule has 0 unspecified atom stereocenters. The highest BCUT2D eigenvalue weighted by atomic mass is 19.1. The van der Waals surface area contributed by atoms with Gasteiger partial charge < -0.3 is 5.32 Å². The van der Waals surface area contributed by atoms with Crippen LogP contribution in [-0.4, -0.2) is 19.0 Å². The molecule has 0 aromatic heterocycles. The van der Waals surface area contributed by atoms with Gasteiger partial charge in [-0.15, -0.1) is 0 Å². The fourth-order valence-electron chi connectivity index (χ4n) is 0.967. The maximum atomic E-state index is 12.5. The first-order valence-electron chi connectivity index (χ1n) is 4.28. The third-order valence-electron chi connectivity index (χ3n) is 1.67. The van der Waals surface area contributed by atoms with Crippen LogP contribution in [0.5, 0.6) is 0 Å². The number of azide groups is 1. The van der Waals surface area contributed by atoms with E-state index in [1.165, 1.54) is 24.3 Å². The van der Waals surface area contributed by atoms with Crippen LogP contribution in [0.3, 0.4) is 0 Å². The Morgan fingerprint density at radius 1 is 1.47 bits per heavy atom. The zero-order valence-corrected chi connectivity index (χ0v) is 7.85. The summed E-state index contributed by atoms with van der Waals surface area (Å²) in [5.74, 6) is -0.705. The van der Waals surface area contributed by atoms with E-state index in [0.717, 1.165) is 0 Å². The van der Waals surface area contributed by atoms with E-state index < -0.39 is 0 Å². The van der Waals surface area contributed by atoms with E-state index in [1.54, 1.807) is 0 Å². The fourth-order valence-corrected chi connectivity index (χ4v) is 0.967. The molecule has 6 heteroatoms. The van der Waals surface area contributed by atoms with Crippen LogP contribution in [0.4, 0.5) is 4.39 Å². The molecule has 5 nitrogen and oxygen atoms in total. The topological polar surface area (TPSA) is 77.9 Å². The van der Waals surface area contributed by atoms with Gasteiger partial charge in [0.2, 0.25) is 0 Å². The lowest BCUT2D eigenvalue weighted by Crippen LogP contribution is -2.25. The smallest absolute Gasteiger partial charge is 0.251 e. The van der Waals surface area contributed by atoms with Crippen molar-refractivity contribution in [3.63, 3.8) is 0 Å². The van der Waals surface area contributed by atoms with E-state index in [2.05, 4.69) is 15.3 Å². The normalized spacial score (nSPS) is 9.13. The van der Waals surface area contributed by atoms with E-state index in [4.69, 9.17) is 5.53 Å². The molecule has 0 atom stereocenters. The first-order valence-corrected chi connectivity index (χ1v) is 4.28. The number of halogens is 1. The molecule has 0 radical (unpaired) electrons. The number of nitrogens with one attached hydrogen (secondary N) is 1. The average molecular weight is 208 g/mol. The summed E-state index contributed by atoms with van der Waals surface area (Å²) in [6.07, 6.45) is 0. The lowest BCUT2D eigenvalue weighted by molar-refractivity contribution is 0.0955. The second-order valence-corrected chi connectivity index (χ2v) is 2.72. The second-order valence-electron chi connectivity index (χ2n) is 2.72. The lowest BCUT2D eigenvalue weighted by atomic mass is 10.2. The molecular formula is C9H9FN4O. The predicted molar refractivity (Wildman–Crippen MR) is 52.7 cm³/mol. The Hall–Kier alpha value is -2.07. The quantitative estimate of drug-likeness (QED) is 0.348. The summed E-state index contributed by atoms with van der Waals surface area (Å²) in [4.78, 5) is 13.9. The highest BCUT2D eigenvalue weighted by Gasteiger charge is 2.03. The van der Waals surface area contributed by atoms with Crippen LogP contribution in [0.1, 0.15) is 10.4 Å². The monoisotopic (exact) mass is 208 g/mol. The van der Waals surface area contributed by atoms with Crippen molar-refractivity contribution in [3.8, 4) is 0 Å². The van der Waals surface area contributed by atoms with Crippen LogP contribution in [-0.2, 0) is 0 Å². The van der Waals surface area contributed by atoms with Crippen molar-refractivity contribution in [1.29, 1.82) is 0 Å². The Morgan fingerprint density at radius 2 is 2.13 bits per heavy atom. The number of hydrogen-bond acceptors (Lipinski definition) is 2. The maximum absolute atomic E-state index is 12.5. The molecule has 78 valence electrons. The van der Waals surface area contributed by atoms with Gasteiger partial charge in [-0.3, -0.25) is 4.79 Å². The molecule has 0 bridgehead atoms. The Bertz CT molecular complexity index is 384. The summed E-state index contributed by atoms with van der Waals surface area (Å²) in [6, 6.07) is 5.20. The number of amides is 1. The Morgan fingerprint density at radius 3 is 2.73 bits per heavy atom. The summed E-state index contributed by atoms with van der Waals surface area (Å²) in [5, 5.41) is 5.78. The van der Waals surface area contributed by atoms with Crippen LogP contribution in [0.2, 0.25) is 0 Å². The first kappa shape index (κ1) is 11.0. The van der Waals surface area contributed by atoms with Crippen molar-refractivity contribution < 1.29 is 9.18 Å². The maximum Gasteiger partial charge on any atom is 0.251 e. The van der Waals surface area contributed by atoms with Crippen LogP contribution in [0.25, 0.3) is 10.4 Å². The average Bonchev–Trinajstić information content (AvgIpc) is 2.25. The summed E-state index contributed by atoms with van der Waals surface area (Å²) in [6.45, 7) is 0.462. The number of benzene rings is 1. The van der Waals surface area contributed by atoms with E-state index in [0.29, 0.717) is 5.56 Å². The number of hydrogen-bond donors (Lipinski definition) is 1.